The van der Waals surface area contributed by atoms with E-state index < -0.39 is 0 Å². The number of fused-ring (bicyclic) bond motifs is 1. The first-order valence-corrected chi connectivity index (χ1v) is 5.59. The van der Waals surface area contributed by atoms with Gasteiger partial charge in [-0.3, -0.25) is 4.79 Å². The molecule has 2 aromatic rings. The molecule has 3 heteroatoms. The van der Waals surface area contributed by atoms with E-state index in [1.165, 1.54) is 0 Å². The summed E-state index contributed by atoms with van der Waals surface area (Å²) in [5, 5.41) is 2.28. The lowest BCUT2D eigenvalue weighted by Crippen LogP contribution is -2.16. The smallest absolute Gasteiger partial charge is 0.255 e. The van der Waals surface area contributed by atoms with Crippen molar-refractivity contribution in [1.82, 2.24) is 4.98 Å². The van der Waals surface area contributed by atoms with Gasteiger partial charge in [0.1, 0.15) is 0 Å². The number of H-pyrrole nitrogens is 1. The van der Waals surface area contributed by atoms with Crippen molar-refractivity contribution in [2.24, 2.45) is 0 Å². The SMILES string of the molecule is CC(C)(C)c1c[nH]c(=O)c2ccc(Cl)cc12. The molecule has 0 aliphatic carbocycles. The summed E-state index contributed by atoms with van der Waals surface area (Å²) >= 11 is 5.98. The summed E-state index contributed by atoms with van der Waals surface area (Å²) in [7, 11) is 0. The zero-order valence-electron chi connectivity index (χ0n) is 9.60. The minimum atomic E-state index is -0.0698. The van der Waals surface area contributed by atoms with Gasteiger partial charge in [0.25, 0.3) is 5.56 Å². The second-order valence-corrected chi connectivity index (χ2v) is 5.41. The summed E-state index contributed by atoms with van der Waals surface area (Å²) in [6, 6.07) is 5.37. The van der Waals surface area contributed by atoms with Crippen LogP contribution in [0.5, 0.6) is 0 Å². The van der Waals surface area contributed by atoms with E-state index in [9.17, 15) is 4.79 Å². The summed E-state index contributed by atoms with van der Waals surface area (Å²) in [6.07, 6.45) is 1.78. The lowest BCUT2D eigenvalue weighted by atomic mass is 9.85. The van der Waals surface area contributed by atoms with E-state index in [0.29, 0.717) is 10.4 Å². The molecule has 0 aliphatic heterocycles. The highest BCUT2D eigenvalue weighted by molar-refractivity contribution is 6.31. The molecule has 2 nitrogen and oxygen atoms in total. The average Bonchev–Trinajstić information content (AvgIpc) is 2.15. The predicted octanol–water partition coefficient (Wildman–Crippen LogP) is 3.48. The van der Waals surface area contributed by atoms with Gasteiger partial charge in [0.2, 0.25) is 0 Å². The number of benzene rings is 1. The Morgan fingerprint density at radius 2 is 1.88 bits per heavy atom. The highest BCUT2D eigenvalue weighted by Gasteiger charge is 2.18. The summed E-state index contributed by atoms with van der Waals surface area (Å²) in [6.45, 7) is 6.34. The van der Waals surface area contributed by atoms with Crippen LogP contribution in [-0.2, 0) is 5.41 Å². The van der Waals surface area contributed by atoms with E-state index in [2.05, 4.69) is 25.8 Å². The fourth-order valence-corrected chi connectivity index (χ4v) is 2.02. The average molecular weight is 236 g/mol. The van der Waals surface area contributed by atoms with Gasteiger partial charge in [0.05, 0.1) is 0 Å². The van der Waals surface area contributed by atoms with Crippen molar-refractivity contribution in [3.63, 3.8) is 0 Å². The molecule has 84 valence electrons. The molecule has 0 unspecified atom stereocenters. The fourth-order valence-electron chi connectivity index (χ4n) is 1.85. The Balaban J connectivity index is 2.92. The van der Waals surface area contributed by atoms with Crippen molar-refractivity contribution < 1.29 is 0 Å². The number of nitrogens with one attached hydrogen (secondary N) is 1. The molecule has 0 saturated heterocycles. The van der Waals surface area contributed by atoms with Gasteiger partial charge in [-0.25, -0.2) is 0 Å². The molecule has 0 amide bonds. The number of pyridine rings is 1. The molecule has 1 aromatic carbocycles. The molecule has 1 heterocycles. The van der Waals surface area contributed by atoms with Crippen molar-refractivity contribution >= 4 is 22.4 Å². The first kappa shape index (κ1) is 11.2. The topological polar surface area (TPSA) is 32.9 Å². The van der Waals surface area contributed by atoms with E-state index in [0.717, 1.165) is 10.9 Å². The minimum Gasteiger partial charge on any atom is -0.328 e. The van der Waals surface area contributed by atoms with Crippen molar-refractivity contribution in [2.45, 2.75) is 26.2 Å². The summed E-state index contributed by atoms with van der Waals surface area (Å²) in [5.74, 6) is 0. The van der Waals surface area contributed by atoms with Gasteiger partial charge in [0.15, 0.2) is 0 Å². The Morgan fingerprint density at radius 3 is 2.50 bits per heavy atom. The fraction of sp³-hybridized carbons (Fsp3) is 0.308. The molecular formula is C13H14ClNO. The van der Waals surface area contributed by atoms with Gasteiger partial charge < -0.3 is 4.98 Å². The first-order chi connectivity index (χ1) is 7.39. The highest BCUT2D eigenvalue weighted by atomic mass is 35.5. The second kappa shape index (κ2) is 3.63. The van der Waals surface area contributed by atoms with Crippen LogP contribution in [0.3, 0.4) is 0 Å². The number of aromatic amines is 1. The van der Waals surface area contributed by atoms with Crippen LogP contribution in [0.1, 0.15) is 26.3 Å². The highest BCUT2D eigenvalue weighted by Crippen LogP contribution is 2.29. The molecule has 0 aliphatic rings. The quantitative estimate of drug-likeness (QED) is 0.745. The van der Waals surface area contributed by atoms with Crippen molar-refractivity contribution in [2.75, 3.05) is 0 Å². The Bertz CT molecular complexity index is 593. The van der Waals surface area contributed by atoms with Gasteiger partial charge in [0, 0.05) is 16.6 Å². The Morgan fingerprint density at radius 1 is 1.19 bits per heavy atom. The van der Waals surface area contributed by atoms with Gasteiger partial charge in [-0.15, -0.1) is 0 Å². The van der Waals surface area contributed by atoms with Crippen LogP contribution < -0.4 is 5.56 Å². The Hall–Kier alpha value is -1.28. The standard InChI is InChI=1S/C13H14ClNO/c1-13(2,3)11-7-15-12(16)9-5-4-8(14)6-10(9)11/h4-7H,1-3H3,(H,15,16). The van der Waals surface area contributed by atoms with Gasteiger partial charge in [-0.2, -0.15) is 0 Å². The Kier molecular flexibility index (Phi) is 2.55. The van der Waals surface area contributed by atoms with Crippen LogP contribution in [0.15, 0.2) is 29.2 Å². The van der Waals surface area contributed by atoms with E-state index >= 15 is 0 Å². The zero-order chi connectivity index (χ0) is 11.9. The summed E-state index contributed by atoms with van der Waals surface area (Å²) in [5.41, 5.74) is 1.01. The predicted molar refractivity (Wildman–Crippen MR) is 68.3 cm³/mol. The van der Waals surface area contributed by atoms with Crippen molar-refractivity contribution in [3.8, 4) is 0 Å². The molecule has 16 heavy (non-hydrogen) atoms. The van der Waals surface area contributed by atoms with Crippen LogP contribution >= 0.6 is 11.6 Å². The molecule has 1 N–H and O–H groups in total. The maximum absolute atomic E-state index is 11.7. The molecule has 0 bridgehead atoms. The zero-order valence-corrected chi connectivity index (χ0v) is 10.4. The number of halogens is 1. The molecule has 0 saturated carbocycles. The molecule has 0 radical (unpaired) electrons. The van der Waals surface area contributed by atoms with Crippen molar-refractivity contribution in [3.05, 3.63) is 45.3 Å². The van der Waals surface area contributed by atoms with Crippen LogP contribution in [0.25, 0.3) is 10.8 Å². The molecular weight excluding hydrogens is 222 g/mol. The Labute approximate surface area is 99.3 Å². The van der Waals surface area contributed by atoms with Crippen LogP contribution in [0, 0.1) is 0 Å². The van der Waals surface area contributed by atoms with Gasteiger partial charge in [-0.05, 0) is 34.6 Å². The van der Waals surface area contributed by atoms with Crippen LogP contribution in [0.4, 0.5) is 0 Å². The van der Waals surface area contributed by atoms with E-state index in [1.807, 2.05) is 6.07 Å². The first-order valence-electron chi connectivity index (χ1n) is 5.21. The molecule has 0 atom stereocenters. The lowest BCUT2D eigenvalue weighted by Gasteiger charge is -2.20. The van der Waals surface area contributed by atoms with Crippen LogP contribution in [0.2, 0.25) is 5.02 Å². The summed E-state index contributed by atoms with van der Waals surface area (Å²) in [4.78, 5) is 14.4. The number of hydrogen-bond donors (Lipinski definition) is 1. The van der Waals surface area contributed by atoms with Crippen molar-refractivity contribution in [1.29, 1.82) is 0 Å². The number of aromatic nitrogens is 1. The van der Waals surface area contributed by atoms with Gasteiger partial charge in [-0.1, -0.05) is 32.4 Å². The van der Waals surface area contributed by atoms with Gasteiger partial charge >= 0.3 is 0 Å². The lowest BCUT2D eigenvalue weighted by molar-refractivity contribution is 0.593. The molecule has 0 fully saturated rings. The van der Waals surface area contributed by atoms with E-state index in [4.69, 9.17) is 11.6 Å². The third-order valence-electron chi connectivity index (χ3n) is 2.67. The van der Waals surface area contributed by atoms with Crippen LogP contribution in [-0.4, -0.2) is 4.98 Å². The second-order valence-electron chi connectivity index (χ2n) is 4.97. The normalized spacial score (nSPS) is 12.0. The number of hydrogen-bond acceptors (Lipinski definition) is 1. The minimum absolute atomic E-state index is 0.0207. The molecule has 2 rings (SSSR count). The third-order valence-corrected chi connectivity index (χ3v) is 2.91. The molecule has 1 aromatic heterocycles. The van der Waals surface area contributed by atoms with E-state index in [-0.39, 0.29) is 11.0 Å². The largest absolute Gasteiger partial charge is 0.328 e. The number of rotatable bonds is 0. The maximum atomic E-state index is 11.7. The molecule has 0 spiro atoms. The summed E-state index contributed by atoms with van der Waals surface area (Å²) < 4.78 is 0. The maximum Gasteiger partial charge on any atom is 0.255 e. The third kappa shape index (κ3) is 1.85. The van der Waals surface area contributed by atoms with E-state index in [1.54, 1.807) is 18.3 Å². The monoisotopic (exact) mass is 235 g/mol.